The van der Waals surface area contributed by atoms with Crippen molar-refractivity contribution in [1.29, 1.82) is 0 Å². The molecule has 0 saturated heterocycles. The second-order valence-corrected chi connectivity index (χ2v) is 21.1. The van der Waals surface area contributed by atoms with Gasteiger partial charge in [0, 0.05) is 10.3 Å². The van der Waals surface area contributed by atoms with Crippen LogP contribution in [0.15, 0.2) is 82.5 Å². The van der Waals surface area contributed by atoms with Gasteiger partial charge in [0.1, 0.15) is 18.1 Å². The third kappa shape index (κ3) is 6.66. The van der Waals surface area contributed by atoms with Gasteiger partial charge in [-0.15, -0.1) is 0 Å². The van der Waals surface area contributed by atoms with Crippen molar-refractivity contribution < 1.29 is 17.6 Å². The highest BCUT2D eigenvalue weighted by Gasteiger charge is 2.54. The number of ether oxygens (including phenoxy) is 1. The summed E-state index contributed by atoms with van der Waals surface area (Å²) in [4.78, 5) is 1.27. The van der Waals surface area contributed by atoms with Crippen LogP contribution in [0.3, 0.4) is 0 Å². The van der Waals surface area contributed by atoms with Crippen LogP contribution in [0.2, 0.25) is 18.1 Å². The number of benzene rings is 2. The molecule has 0 radical (unpaired) electrons. The fourth-order valence-electron chi connectivity index (χ4n) is 4.15. The molecule has 37 heavy (non-hydrogen) atoms. The summed E-state index contributed by atoms with van der Waals surface area (Å²) in [6.45, 7) is 17.4. The maximum atomic E-state index is 14.4. The van der Waals surface area contributed by atoms with Crippen LogP contribution in [0.5, 0.6) is 0 Å². The first-order valence-corrected chi connectivity index (χ1v) is 18.4. The van der Waals surface area contributed by atoms with Crippen LogP contribution in [-0.4, -0.2) is 26.9 Å². The highest BCUT2D eigenvalue weighted by molar-refractivity contribution is 8.14. The number of hydrogen-bond donors (Lipinski definition) is 0. The molecule has 1 saturated carbocycles. The Morgan fingerprint density at radius 1 is 0.946 bits per heavy atom. The average molecular weight is 561 g/mol. The Morgan fingerprint density at radius 2 is 1.51 bits per heavy atom. The first-order valence-electron chi connectivity index (χ1n) is 13.2. The van der Waals surface area contributed by atoms with Crippen molar-refractivity contribution in [3.8, 4) is 0 Å². The second kappa shape index (κ2) is 11.2. The predicted molar refractivity (Wildman–Crippen MR) is 158 cm³/mol. The Bertz CT molecular complexity index is 1160. The third-order valence-corrected chi connectivity index (χ3v) is 16.4. The summed E-state index contributed by atoms with van der Waals surface area (Å²) in [7, 11) is -5.86. The zero-order valence-electron chi connectivity index (χ0n) is 23.7. The minimum atomic E-state index is -3.74. The largest absolute Gasteiger partial charge is 0.544 e. The topological polar surface area (TPSA) is 52.6 Å². The molecule has 0 bridgehead atoms. The van der Waals surface area contributed by atoms with Gasteiger partial charge in [-0.05, 0) is 61.7 Å². The molecule has 0 heterocycles. The van der Waals surface area contributed by atoms with Crippen molar-refractivity contribution >= 4 is 29.9 Å². The molecule has 204 valence electrons. The van der Waals surface area contributed by atoms with Gasteiger partial charge in [-0.25, -0.2) is 8.42 Å². The molecule has 0 unspecified atom stereocenters. The molecule has 3 rings (SSSR count). The number of rotatable bonds is 8. The smallest absolute Gasteiger partial charge is 0.250 e. The van der Waals surface area contributed by atoms with E-state index >= 15 is 0 Å². The molecule has 2 atom stereocenters. The zero-order valence-corrected chi connectivity index (χ0v) is 26.3. The summed E-state index contributed by atoms with van der Waals surface area (Å²) >= 11 is 1.42. The molecule has 1 aliphatic rings. The summed E-state index contributed by atoms with van der Waals surface area (Å²) in [5.74, 6) is 0.778. The van der Waals surface area contributed by atoms with E-state index in [1.54, 1.807) is 30.5 Å². The molecule has 1 fully saturated rings. The summed E-state index contributed by atoms with van der Waals surface area (Å²) < 4.78 is 40.9. The van der Waals surface area contributed by atoms with Crippen molar-refractivity contribution in [2.24, 2.45) is 5.41 Å². The van der Waals surface area contributed by atoms with Crippen LogP contribution in [-0.2, 0) is 19.0 Å². The monoisotopic (exact) mass is 560 g/mol. The van der Waals surface area contributed by atoms with Crippen LogP contribution < -0.4 is 0 Å². The second-order valence-electron chi connectivity index (χ2n) is 12.5. The lowest BCUT2D eigenvalue weighted by Gasteiger charge is -2.43. The molecule has 0 aromatic heterocycles. The fraction of sp³-hybridized carbons (Fsp3) is 0.533. The van der Waals surface area contributed by atoms with Gasteiger partial charge in [0.2, 0.25) is 8.32 Å². The molecule has 0 N–H and O–H groups in total. The third-order valence-electron chi connectivity index (χ3n) is 7.52. The van der Waals surface area contributed by atoms with Crippen LogP contribution in [0.25, 0.3) is 0 Å². The van der Waals surface area contributed by atoms with Gasteiger partial charge >= 0.3 is 0 Å². The number of hydrogen-bond acceptors (Lipinski definition) is 5. The lowest BCUT2D eigenvalue weighted by atomic mass is 9.94. The Labute approximate surface area is 230 Å². The molecular formula is C30H44O4S2Si. The Kier molecular flexibility index (Phi) is 9.03. The fourth-order valence-corrected chi connectivity index (χ4v) is 9.46. The molecule has 2 aromatic carbocycles. The summed E-state index contributed by atoms with van der Waals surface area (Å²) in [6.07, 6.45) is 4.17. The van der Waals surface area contributed by atoms with Crippen LogP contribution >= 0.6 is 11.8 Å². The Hall–Kier alpha value is -1.70. The summed E-state index contributed by atoms with van der Waals surface area (Å²) in [5.41, 5.74) is -0.280. The molecule has 2 aromatic rings. The van der Waals surface area contributed by atoms with E-state index in [1.165, 1.54) is 11.8 Å². The SMILES string of the molecule is CC(C)(C)/C(=C\O[C@H]1CCCC[C@]1(Sc1ccccc1)S(=O)(=O)c1ccccc1)O[Si](C)(C)C(C)(C)C. The minimum Gasteiger partial charge on any atom is -0.544 e. The van der Waals surface area contributed by atoms with E-state index in [-0.39, 0.29) is 10.5 Å². The minimum absolute atomic E-state index is 0.0335. The van der Waals surface area contributed by atoms with Gasteiger partial charge < -0.3 is 9.16 Å². The molecule has 1 aliphatic carbocycles. The van der Waals surface area contributed by atoms with Gasteiger partial charge in [-0.3, -0.25) is 0 Å². The number of sulfone groups is 1. The zero-order chi connectivity index (χ0) is 27.5. The maximum Gasteiger partial charge on any atom is 0.250 e. The van der Waals surface area contributed by atoms with Crippen molar-refractivity contribution in [3.05, 3.63) is 72.7 Å². The molecule has 7 heteroatoms. The van der Waals surface area contributed by atoms with E-state index in [1.807, 2.05) is 36.4 Å². The highest BCUT2D eigenvalue weighted by atomic mass is 32.3. The van der Waals surface area contributed by atoms with E-state index in [2.05, 4.69) is 54.6 Å². The lowest BCUT2D eigenvalue weighted by molar-refractivity contribution is 0.0858. The molecular weight excluding hydrogens is 517 g/mol. The lowest BCUT2D eigenvalue weighted by Crippen LogP contribution is -2.49. The van der Waals surface area contributed by atoms with E-state index in [0.29, 0.717) is 17.7 Å². The molecule has 4 nitrogen and oxygen atoms in total. The highest BCUT2D eigenvalue weighted by Crippen LogP contribution is 2.51. The summed E-state index contributed by atoms with van der Waals surface area (Å²) in [6, 6.07) is 18.6. The van der Waals surface area contributed by atoms with Gasteiger partial charge in [-0.2, -0.15) is 0 Å². The van der Waals surface area contributed by atoms with Crippen molar-refractivity contribution in [2.75, 3.05) is 0 Å². The predicted octanol–water partition coefficient (Wildman–Crippen LogP) is 8.82. The van der Waals surface area contributed by atoms with Gasteiger partial charge in [0.05, 0.1) is 4.90 Å². The average Bonchev–Trinajstić information content (AvgIpc) is 2.82. The van der Waals surface area contributed by atoms with Crippen LogP contribution in [0, 0.1) is 5.41 Å². The summed E-state index contributed by atoms with van der Waals surface area (Å²) in [5, 5.41) is 0.0335. The van der Waals surface area contributed by atoms with E-state index in [4.69, 9.17) is 9.16 Å². The van der Waals surface area contributed by atoms with E-state index in [0.717, 1.165) is 23.5 Å². The van der Waals surface area contributed by atoms with Crippen LogP contribution in [0.1, 0.15) is 67.2 Å². The van der Waals surface area contributed by atoms with Crippen molar-refractivity contribution in [1.82, 2.24) is 0 Å². The molecule has 0 spiro atoms. The first kappa shape index (κ1) is 29.8. The maximum absolute atomic E-state index is 14.4. The van der Waals surface area contributed by atoms with Gasteiger partial charge in [0.15, 0.2) is 13.9 Å². The molecule has 0 aliphatic heterocycles. The van der Waals surface area contributed by atoms with Crippen molar-refractivity contribution in [2.45, 2.75) is 105 Å². The van der Waals surface area contributed by atoms with E-state index < -0.39 is 28.3 Å². The Balaban J connectivity index is 2.09. The Morgan fingerprint density at radius 3 is 2.05 bits per heavy atom. The quantitative estimate of drug-likeness (QED) is 0.238. The normalized spacial score (nSPS) is 21.9. The molecule has 0 amide bonds. The van der Waals surface area contributed by atoms with Crippen molar-refractivity contribution in [3.63, 3.8) is 0 Å². The van der Waals surface area contributed by atoms with Gasteiger partial charge in [-0.1, -0.05) is 96.1 Å². The van der Waals surface area contributed by atoms with E-state index in [9.17, 15) is 8.42 Å². The standard InChI is InChI=1S/C30H44O4S2Si/c1-28(2,3)27(34-37(7,8)29(4,5)6)23-33-26-21-15-16-22-30(26,35-24-17-11-9-12-18-24)36(31,32)25-19-13-10-14-20-25/h9-14,17-20,23,26H,15-16,21-22H2,1-8H3/b27-23+/t26-,30-/m0/s1. The number of allylic oxidation sites excluding steroid dienone is 1. The first-order chi connectivity index (χ1) is 17.1. The van der Waals surface area contributed by atoms with Crippen LogP contribution in [0.4, 0.5) is 0 Å². The number of thioether (sulfide) groups is 1. The van der Waals surface area contributed by atoms with Gasteiger partial charge in [0.25, 0.3) is 0 Å².